The third-order valence-electron chi connectivity index (χ3n) is 6.96. The molecule has 0 aliphatic carbocycles. The van der Waals surface area contributed by atoms with Gasteiger partial charge >= 0.3 is 0 Å². The number of likely N-dealkylation sites (N-methyl/N-ethyl adjacent to an activating group) is 1. The van der Waals surface area contributed by atoms with Crippen molar-refractivity contribution in [2.75, 3.05) is 72.6 Å². The number of nitrogens with zero attached hydrogens (tertiary/aromatic N) is 4. The van der Waals surface area contributed by atoms with Crippen LogP contribution in [0.3, 0.4) is 0 Å². The number of benzene rings is 1. The molecule has 0 unspecified atom stereocenters. The largest absolute Gasteiger partial charge is 0.494 e. The fourth-order valence-electron chi connectivity index (χ4n) is 5.05. The van der Waals surface area contributed by atoms with Gasteiger partial charge in [0.05, 0.1) is 6.61 Å². The maximum Gasteiger partial charge on any atom is 0.119 e. The first-order chi connectivity index (χ1) is 14.3. The second-order valence-corrected chi connectivity index (χ2v) is 9.27. The number of piperazine rings is 1. The Morgan fingerprint density at radius 2 is 1.62 bits per heavy atom. The smallest absolute Gasteiger partial charge is 0.119 e. The first kappa shape index (κ1) is 21.1. The van der Waals surface area contributed by atoms with Crippen molar-refractivity contribution < 1.29 is 4.74 Å². The molecule has 0 aromatic heterocycles. The van der Waals surface area contributed by atoms with Crippen molar-refractivity contribution >= 4 is 0 Å². The molecule has 162 valence electrons. The number of hydrogen-bond acceptors (Lipinski definition) is 5. The van der Waals surface area contributed by atoms with Gasteiger partial charge in [-0.25, -0.2) is 0 Å². The Hall–Kier alpha value is -1.14. The van der Waals surface area contributed by atoms with Gasteiger partial charge < -0.3 is 19.4 Å². The van der Waals surface area contributed by atoms with E-state index in [9.17, 15) is 0 Å². The Bertz CT molecular complexity index is 593. The van der Waals surface area contributed by atoms with E-state index in [4.69, 9.17) is 4.74 Å². The van der Waals surface area contributed by atoms with E-state index < -0.39 is 0 Å². The number of likely N-dealkylation sites (tertiary alicyclic amines) is 2. The minimum Gasteiger partial charge on any atom is -0.494 e. The molecule has 3 heterocycles. The van der Waals surface area contributed by atoms with Gasteiger partial charge in [0.2, 0.25) is 0 Å². The predicted octanol–water partition coefficient (Wildman–Crippen LogP) is 2.76. The highest BCUT2D eigenvalue weighted by atomic mass is 16.5. The molecule has 5 nitrogen and oxygen atoms in total. The lowest BCUT2D eigenvalue weighted by Crippen LogP contribution is -2.44. The van der Waals surface area contributed by atoms with E-state index >= 15 is 0 Å². The van der Waals surface area contributed by atoms with E-state index in [-0.39, 0.29) is 0 Å². The van der Waals surface area contributed by atoms with Gasteiger partial charge in [0.15, 0.2) is 0 Å². The lowest BCUT2D eigenvalue weighted by Gasteiger charge is -2.32. The monoisotopic (exact) mass is 400 g/mol. The quantitative estimate of drug-likeness (QED) is 0.593. The van der Waals surface area contributed by atoms with Crippen molar-refractivity contribution in [3.8, 4) is 5.75 Å². The Labute approximate surface area is 177 Å². The maximum absolute atomic E-state index is 6.00. The lowest BCUT2D eigenvalue weighted by molar-refractivity contribution is 0.145. The van der Waals surface area contributed by atoms with Gasteiger partial charge in [-0.15, -0.1) is 0 Å². The summed E-state index contributed by atoms with van der Waals surface area (Å²) in [6, 6.07) is 9.61. The Kier molecular flexibility index (Phi) is 7.83. The van der Waals surface area contributed by atoms with Gasteiger partial charge in [-0.3, -0.25) is 4.90 Å². The number of hydrogen-bond donors (Lipinski definition) is 0. The summed E-state index contributed by atoms with van der Waals surface area (Å²) in [7, 11) is 2.21. The van der Waals surface area contributed by atoms with E-state index in [0.717, 1.165) is 37.9 Å². The van der Waals surface area contributed by atoms with Crippen LogP contribution in [0.5, 0.6) is 5.75 Å². The molecule has 0 spiro atoms. The van der Waals surface area contributed by atoms with Crippen LogP contribution in [0.1, 0.15) is 37.7 Å². The van der Waals surface area contributed by atoms with E-state index in [2.05, 4.69) is 50.9 Å². The predicted molar refractivity (Wildman–Crippen MR) is 120 cm³/mol. The van der Waals surface area contributed by atoms with Gasteiger partial charge in [-0.1, -0.05) is 12.1 Å². The molecule has 29 heavy (non-hydrogen) atoms. The average molecular weight is 401 g/mol. The zero-order chi connectivity index (χ0) is 19.9. The Morgan fingerprint density at radius 3 is 2.38 bits per heavy atom. The van der Waals surface area contributed by atoms with Crippen molar-refractivity contribution in [2.45, 2.75) is 44.7 Å². The molecule has 1 aromatic carbocycles. The minimum atomic E-state index is 0.749. The molecular formula is C24H40N4O. The second kappa shape index (κ2) is 10.8. The van der Waals surface area contributed by atoms with Crippen LogP contribution in [-0.2, 0) is 6.54 Å². The zero-order valence-electron chi connectivity index (χ0n) is 18.4. The van der Waals surface area contributed by atoms with Crippen LogP contribution in [0.2, 0.25) is 0 Å². The molecule has 3 aliphatic rings. The molecule has 0 saturated carbocycles. The summed E-state index contributed by atoms with van der Waals surface area (Å²) < 4.78 is 6.00. The van der Waals surface area contributed by atoms with Crippen LogP contribution in [0.4, 0.5) is 0 Å². The van der Waals surface area contributed by atoms with Crippen molar-refractivity contribution in [3.63, 3.8) is 0 Å². The first-order valence-corrected chi connectivity index (χ1v) is 11.9. The Morgan fingerprint density at radius 1 is 0.862 bits per heavy atom. The molecule has 3 saturated heterocycles. The fourth-order valence-corrected chi connectivity index (χ4v) is 5.05. The minimum absolute atomic E-state index is 0.749. The summed E-state index contributed by atoms with van der Waals surface area (Å²) >= 11 is 0. The molecular weight excluding hydrogens is 360 g/mol. The molecule has 3 fully saturated rings. The van der Waals surface area contributed by atoms with Crippen molar-refractivity contribution in [1.82, 2.24) is 19.6 Å². The van der Waals surface area contributed by atoms with Crippen LogP contribution >= 0.6 is 0 Å². The molecule has 1 aromatic rings. The third kappa shape index (κ3) is 6.42. The first-order valence-electron chi connectivity index (χ1n) is 11.9. The Balaban J connectivity index is 1.16. The van der Waals surface area contributed by atoms with Crippen molar-refractivity contribution in [1.29, 1.82) is 0 Å². The molecule has 0 N–H and O–H groups in total. The average Bonchev–Trinajstić information content (AvgIpc) is 3.41. The molecule has 0 bridgehead atoms. The second-order valence-electron chi connectivity index (χ2n) is 9.27. The summed E-state index contributed by atoms with van der Waals surface area (Å²) in [6.07, 6.45) is 6.61. The van der Waals surface area contributed by atoms with Crippen LogP contribution in [-0.4, -0.2) is 98.2 Å². The fraction of sp³-hybridized carbons (Fsp3) is 0.750. The summed E-state index contributed by atoms with van der Waals surface area (Å²) in [5, 5.41) is 0. The highest BCUT2D eigenvalue weighted by Gasteiger charge is 2.27. The molecule has 3 aliphatic heterocycles. The van der Waals surface area contributed by atoms with E-state index in [1.807, 2.05) is 0 Å². The summed E-state index contributed by atoms with van der Waals surface area (Å²) in [5.74, 6) is 1.02. The molecule has 4 rings (SSSR count). The van der Waals surface area contributed by atoms with Crippen LogP contribution in [0.15, 0.2) is 24.3 Å². The van der Waals surface area contributed by atoms with Gasteiger partial charge in [-0.2, -0.15) is 0 Å². The molecule has 0 amide bonds. The van der Waals surface area contributed by atoms with Crippen molar-refractivity contribution in [3.05, 3.63) is 29.8 Å². The SMILES string of the molecule is CN1CCN(CCCOc2ccc(CN3CCC[C@@H]3CN3CCCC3)cc2)CC1. The van der Waals surface area contributed by atoms with E-state index in [0.29, 0.717) is 0 Å². The molecule has 0 radical (unpaired) electrons. The van der Waals surface area contributed by atoms with Crippen molar-refractivity contribution in [2.24, 2.45) is 0 Å². The van der Waals surface area contributed by atoms with Crippen LogP contribution in [0, 0.1) is 0 Å². The number of ether oxygens (including phenoxy) is 1. The standard InChI is InChI=1S/C24H40N4O/c1-25-15-17-26(18-16-25)13-5-19-29-24-9-7-22(8-10-24)20-28-14-4-6-23(28)21-27-11-2-3-12-27/h7-10,23H,2-6,11-21H2,1H3/t23-/m1/s1. The normalized spacial score (nSPS) is 25.1. The van der Waals surface area contributed by atoms with Crippen LogP contribution in [0.25, 0.3) is 0 Å². The van der Waals surface area contributed by atoms with Gasteiger partial charge in [-0.05, 0) is 76.5 Å². The molecule has 1 atom stereocenters. The van der Waals surface area contributed by atoms with Gasteiger partial charge in [0, 0.05) is 51.9 Å². The van der Waals surface area contributed by atoms with Crippen LogP contribution < -0.4 is 4.74 Å². The molecule has 5 heteroatoms. The van der Waals surface area contributed by atoms with E-state index in [1.165, 1.54) is 83.6 Å². The topological polar surface area (TPSA) is 22.2 Å². The van der Waals surface area contributed by atoms with E-state index in [1.54, 1.807) is 0 Å². The summed E-state index contributed by atoms with van der Waals surface area (Å²) in [5.41, 5.74) is 1.42. The van der Waals surface area contributed by atoms with Gasteiger partial charge in [0.25, 0.3) is 0 Å². The summed E-state index contributed by atoms with van der Waals surface area (Å²) in [4.78, 5) is 10.3. The van der Waals surface area contributed by atoms with Gasteiger partial charge in [0.1, 0.15) is 5.75 Å². The summed E-state index contributed by atoms with van der Waals surface area (Å²) in [6.45, 7) is 13.0. The lowest BCUT2D eigenvalue weighted by atomic mass is 10.1. The number of rotatable bonds is 9. The zero-order valence-corrected chi connectivity index (χ0v) is 18.4. The highest BCUT2D eigenvalue weighted by molar-refractivity contribution is 5.27. The third-order valence-corrected chi connectivity index (χ3v) is 6.96. The maximum atomic E-state index is 6.00. The highest BCUT2D eigenvalue weighted by Crippen LogP contribution is 2.23.